The van der Waals surface area contributed by atoms with Crippen LogP contribution in [0.3, 0.4) is 0 Å². The van der Waals surface area contributed by atoms with E-state index in [2.05, 4.69) is 30.9 Å². The summed E-state index contributed by atoms with van der Waals surface area (Å²) in [5.74, 6) is 0.218. The van der Waals surface area contributed by atoms with E-state index in [1.54, 1.807) is 4.57 Å². The Hall–Kier alpha value is -1.37. The largest absolute Gasteiger partial charge is 0.382 e. The summed E-state index contributed by atoms with van der Waals surface area (Å²) in [4.78, 5) is 12.2. The molecule has 10 nitrogen and oxygen atoms in total. The van der Waals surface area contributed by atoms with E-state index in [0.29, 0.717) is 15.9 Å². The number of nitrogens with two attached hydrogens (primary N) is 3. The molecule has 2 aromatic heterocycles. The van der Waals surface area contributed by atoms with Crippen LogP contribution >= 0.6 is 15.9 Å². The molecule has 8 N–H and O–H groups in total. The lowest BCUT2D eigenvalue weighted by atomic mass is 10.1. The Morgan fingerprint density at radius 1 is 1.52 bits per heavy atom. The van der Waals surface area contributed by atoms with Gasteiger partial charge in [-0.1, -0.05) is 0 Å². The van der Waals surface area contributed by atoms with Crippen molar-refractivity contribution in [2.45, 2.75) is 30.7 Å². The molecule has 21 heavy (non-hydrogen) atoms. The summed E-state index contributed by atoms with van der Waals surface area (Å²) < 4.78 is 7.50. The summed E-state index contributed by atoms with van der Waals surface area (Å²) in [5.41, 5.74) is 15.9. The van der Waals surface area contributed by atoms with Crippen LogP contribution in [0.4, 0.5) is 5.82 Å². The molecule has 11 heteroatoms. The molecule has 1 unspecified atom stereocenters. The van der Waals surface area contributed by atoms with Gasteiger partial charge in [-0.3, -0.25) is 4.57 Å². The Morgan fingerprint density at radius 3 is 2.86 bits per heavy atom. The molecule has 0 saturated carbocycles. The molecule has 0 aromatic carbocycles. The average Bonchev–Trinajstić information content (AvgIpc) is 2.86. The van der Waals surface area contributed by atoms with Gasteiger partial charge in [-0.25, -0.2) is 15.0 Å². The summed E-state index contributed by atoms with van der Waals surface area (Å²) in [5, 5.41) is 19.6. The highest BCUT2D eigenvalue weighted by Gasteiger charge is 2.48. The fourth-order valence-corrected chi connectivity index (χ4v) is 2.99. The van der Waals surface area contributed by atoms with Crippen LogP contribution in [-0.4, -0.2) is 47.8 Å². The van der Waals surface area contributed by atoms with Crippen LogP contribution in [0.1, 0.15) is 12.6 Å². The molecule has 0 amide bonds. The highest BCUT2D eigenvalue weighted by molar-refractivity contribution is 9.10. The minimum atomic E-state index is -1.77. The summed E-state index contributed by atoms with van der Waals surface area (Å²) in [6, 6.07) is 0. The third kappa shape index (κ3) is 2.27. The van der Waals surface area contributed by atoms with E-state index in [4.69, 9.17) is 21.9 Å². The van der Waals surface area contributed by atoms with Gasteiger partial charge in [0.2, 0.25) is 0 Å². The summed E-state index contributed by atoms with van der Waals surface area (Å²) in [6.45, 7) is 0. The zero-order valence-corrected chi connectivity index (χ0v) is 12.3. The van der Waals surface area contributed by atoms with Gasteiger partial charge >= 0.3 is 0 Å². The van der Waals surface area contributed by atoms with E-state index < -0.39 is 24.3 Å². The number of nitrogens with zero attached hydrogens (tertiary/aromatic N) is 4. The molecule has 0 aliphatic carbocycles. The number of aliphatic hydroxyl groups excluding tert-OH is 1. The van der Waals surface area contributed by atoms with Crippen molar-refractivity contribution in [1.82, 2.24) is 19.5 Å². The number of imidazole rings is 1. The third-order valence-corrected chi connectivity index (χ3v) is 3.92. The minimum Gasteiger partial charge on any atom is -0.382 e. The topological polar surface area (TPSA) is 171 Å². The lowest BCUT2D eigenvalue weighted by molar-refractivity contribution is -0.112. The van der Waals surface area contributed by atoms with Gasteiger partial charge < -0.3 is 32.2 Å². The maximum absolute atomic E-state index is 10.1. The van der Waals surface area contributed by atoms with Crippen molar-refractivity contribution < 1.29 is 14.9 Å². The quantitative estimate of drug-likeness (QED) is 0.312. The van der Waals surface area contributed by atoms with E-state index in [1.165, 1.54) is 6.33 Å². The first-order valence-electron chi connectivity index (χ1n) is 6.05. The van der Waals surface area contributed by atoms with Crippen LogP contribution in [0.25, 0.3) is 11.2 Å². The van der Waals surface area contributed by atoms with E-state index in [0.717, 1.165) is 0 Å². The number of aromatic nitrogens is 4. The zero-order valence-electron chi connectivity index (χ0n) is 10.7. The first kappa shape index (κ1) is 14.6. The van der Waals surface area contributed by atoms with E-state index in [1.807, 2.05) is 0 Å². The van der Waals surface area contributed by atoms with Gasteiger partial charge in [0.15, 0.2) is 21.7 Å². The molecule has 4 atom stereocenters. The van der Waals surface area contributed by atoms with Crippen molar-refractivity contribution in [3.05, 3.63) is 11.1 Å². The van der Waals surface area contributed by atoms with Crippen LogP contribution in [-0.2, 0) is 4.74 Å². The number of hydrogen-bond acceptors (Lipinski definition) is 9. The summed E-state index contributed by atoms with van der Waals surface area (Å²) >= 11 is 3.28. The molecule has 1 aliphatic rings. The van der Waals surface area contributed by atoms with Crippen LogP contribution < -0.4 is 17.2 Å². The molecule has 0 bridgehead atoms. The predicted molar refractivity (Wildman–Crippen MR) is 75.3 cm³/mol. The van der Waals surface area contributed by atoms with Crippen LogP contribution in [0.15, 0.2) is 11.1 Å². The molecule has 1 aliphatic heterocycles. The number of ether oxygens (including phenoxy) is 1. The minimum absolute atomic E-state index is 0.000105. The Balaban J connectivity index is 2.06. The monoisotopic (exact) mass is 359 g/mol. The molecule has 3 heterocycles. The van der Waals surface area contributed by atoms with Crippen molar-refractivity contribution in [2.75, 3.05) is 5.73 Å². The number of rotatable bonds is 2. The summed E-state index contributed by atoms with van der Waals surface area (Å²) in [6.07, 6.45) is -1.97. The number of hydrogen-bond donors (Lipinski definition) is 5. The van der Waals surface area contributed by atoms with Crippen molar-refractivity contribution in [3.63, 3.8) is 0 Å². The molecule has 114 valence electrons. The molecule has 3 rings (SSSR count). The molecule has 0 spiro atoms. The van der Waals surface area contributed by atoms with Crippen molar-refractivity contribution >= 4 is 32.9 Å². The van der Waals surface area contributed by atoms with E-state index in [-0.39, 0.29) is 12.2 Å². The molecule has 1 saturated heterocycles. The highest BCUT2D eigenvalue weighted by Crippen LogP contribution is 2.38. The maximum atomic E-state index is 10.1. The van der Waals surface area contributed by atoms with Gasteiger partial charge in [-0.05, 0) is 15.9 Å². The van der Waals surface area contributed by atoms with E-state index >= 15 is 0 Å². The van der Waals surface area contributed by atoms with Gasteiger partial charge in [0.05, 0.1) is 0 Å². The fraction of sp³-hybridized carbons (Fsp3) is 0.500. The molecular formula is C10H14BrN7O3. The van der Waals surface area contributed by atoms with Crippen molar-refractivity contribution in [3.8, 4) is 0 Å². The molecule has 2 aromatic rings. The normalized spacial score (nSPS) is 30.9. The van der Waals surface area contributed by atoms with Gasteiger partial charge in [-0.2, -0.15) is 0 Å². The number of nitrogen functional groups attached to an aromatic ring is 1. The third-order valence-electron chi connectivity index (χ3n) is 3.36. The summed E-state index contributed by atoms with van der Waals surface area (Å²) in [7, 11) is 0. The highest BCUT2D eigenvalue weighted by atomic mass is 79.9. The smallest absolute Gasteiger partial charge is 0.181 e. The van der Waals surface area contributed by atoms with Crippen molar-refractivity contribution in [2.24, 2.45) is 11.5 Å². The van der Waals surface area contributed by atoms with Gasteiger partial charge in [0, 0.05) is 6.42 Å². The zero-order chi connectivity index (χ0) is 15.4. The first-order chi connectivity index (χ1) is 9.81. The second kappa shape index (κ2) is 4.83. The Morgan fingerprint density at radius 2 is 2.24 bits per heavy atom. The number of fused-ring (bicyclic) bond motifs is 1. The number of halogens is 1. The second-order valence-electron chi connectivity index (χ2n) is 4.88. The van der Waals surface area contributed by atoms with Gasteiger partial charge in [0.1, 0.15) is 30.6 Å². The van der Waals surface area contributed by atoms with Crippen LogP contribution in [0.5, 0.6) is 0 Å². The Labute approximate surface area is 127 Å². The average molecular weight is 360 g/mol. The molecule has 0 radical (unpaired) electrons. The van der Waals surface area contributed by atoms with E-state index in [9.17, 15) is 10.2 Å². The standard InChI is InChI=1S/C10H14BrN7O3/c11-9-17-4-6(12)15-2-16-8(4)18(9)3-1-10(14,20)5(21-3)7(13)19/h2-3,5,7,19-20H,1,13-14H2,(H2,12,15,16)/t3-,5-,7?,10+/m1/s1. The SMILES string of the molecule is Nc1ncnc2c1nc(Br)n2[C@H]1C[C@](N)(O)[C@@H](C(N)O)O1. The maximum Gasteiger partial charge on any atom is 0.181 e. The Bertz CT molecular complexity index is 689. The van der Waals surface area contributed by atoms with Gasteiger partial charge in [-0.15, -0.1) is 0 Å². The molecular weight excluding hydrogens is 346 g/mol. The first-order valence-corrected chi connectivity index (χ1v) is 6.85. The van der Waals surface area contributed by atoms with Crippen molar-refractivity contribution in [1.29, 1.82) is 0 Å². The predicted octanol–water partition coefficient (Wildman–Crippen LogP) is -1.62. The van der Waals surface area contributed by atoms with Crippen LogP contribution in [0.2, 0.25) is 0 Å². The van der Waals surface area contributed by atoms with Crippen LogP contribution in [0, 0.1) is 0 Å². The Kier molecular flexibility index (Phi) is 3.35. The fourth-order valence-electron chi connectivity index (χ4n) is 2.41. The molecule has 1 fully saturated rings. The lowest BCUT2D eigenvalue weighted by Gasteiger charge is -2.24. The second-order valence-corrected chi connectivity index (χ2v) is 5.59. The lowest BCUT2D eigenvalue weighted by Crippen LogP contribution is -2.55. The van der Waals surface area contributed by atoms with Gasteiger partial charge in [0.25, 0.3) is 0 Å². The number of anilines is 1. The number of aliphatic hydroxyl groups is 2.